The van der Waals surface area contributed by atoms with Crippen molar-refractivity contribution in [3.05, 3.63) is 29.8 Å². The van der Waals surface area contributed by atoms with Crippen molar-refractivity contribution in [2.24, 2.45) is 5.92 Å². The molecule has 1 unspecified atom stereocenters. The van der Waals surface area contributed by atoms with Gasteiger partial charge in [-0.25, -0.2) is 9.59 Å². The van der Waals surface area contributed by atoms with Crippen molar-refractivity contribution < 1.29 is 14.7 Å². The minimum absolute atomic E-state index is 0.0203. The van der Waals surface area contributed by atoms with Gasteiger partial charge in [-0.1, -0.05) is 26.0 Å². The van der Waals surface area contributed by atoms with E-state index in [2.05, 4.69) is 5.32 Å². The average molecular weight is 264 g/mol. The number of amides is 2. The van der Waals surface area contributed by atoms with Crippen molar-refractivity contribution in [2.75, 3.05) is 11.9 Å². The van der Waals surface area contributed by atoms with Crippen molar-refractivity contribution in [2.45, 2.75) is 26.8 Å². The van der Waals surface area contributed by atoms with E-state index in [9.17, 15) is 9.59 Å². The van der Waals surface area contributed by atoms with Crippen LogP contribution in [-0.2, 0) is 0 Å². The average Bonchev–Trinajstić information content (AvgIpc) is 2.37. The summed E-state index contributed by atoms with van der Waals surface area (Å²) in [4.78, 5) is 24.5. The van der Waals surface area contributed by atoms with Crippen LogP contribution in [0, 0.1) is 5.92 Å². The zero-order valence-electron chi connectivity index (χ0n) is 11.7. The second-order valence-corrected chi connectivity index (χ2v) is 4.86. The van der Waals surface area contributed by atoms with Gasteiger partial charge >= 0.3 is 12.0 Å². The van der Waals surface area contributed by atoms with Gasteiger partial charge in [0.1, 0.15) is 0 Å². The minimum atomic E-state index is -1.05. The van der Waals surface area contributed by atoms with E-state index < -0.39 is 5.97 Å². The molecule has 0 aromatic heterocycles. The number of benzene rings is 1. The van der Waals surface area contributed by atoms with Crippen LogP contribution >= 0.6 is 0 Å². The van der Waals surface area contributed by atoms with Gasteiger partial charge in [0.05, 0.1) is 11.3 Å². The van der Waals surface area contributed by atoms with Crippen LogP contribution in [0.25, 0.3) is 0 Å². The van der Waals surface area contributed by atoms with Gasteiger partial charge in [-0.05, 0) is 25.0 Å². The largest absolute Gasteiger partial charge is 0.478 e. The normalized spacial score (nSPS) is 12.1. The standard InChI is InChI=1S/C14H20N2O3/c1-9(2)10(3)15-14(19)16(4)12-8-6-5-7-11(12)13(17)18/h5-10H,1-4H3,(H,15,19)(H,17,18). The number of aromatic carboxylic acids is 1. The summed E-state index contributed by atoms with van der Waals surface area (Å²) in [5, 5.41) is 11.9. The molecule has 19 heavy (non-hydrogen) atoms. The molecular weight excluding hydrogens is 244 g/mol. The molecule has 0 fully saturated rings. The number of anilines is 1. The van der Waals surface area contributed by atoms with E-state index in [-0.39, 0.29) is 17.6 Å². The number of hydrogen-bond acceptors (Lipinski definition) is 2. The fourth-order valence-corrected chi connectivity index (χ4v) is 1.51. The highest BCUT2D eigenvalue weighted by molar-refractivity contribution is 6.01. The summed E-state index contributed by atoms with van der Waals surface area (Å²) in [7, 11) is 1.56. The maximum absolute atomic E-state index is 12.1. The number of urea groups is 1. The highest BCUT2D eigenvalue weighted by Crippen LogP contribution is 2.19. The lowest BCUT2D eigenvalue weighted by Gasteiger charge is -2.24. The summed E-state index contributed by atoms with van der Waals surface area (Å²) in [6.45, 7) is 5.94. The molecule has 0 heterocycles. The zero-order chi connectivity index (χ0) is 14.6. The van der Waals surface area contributed by atoms with Crippen LogP contribution in [0.5, 0.6) is 0 Å². The molecule has 0 spiro atoms. The molecule has 5 nitrogen and oxygen atoms in total. The first-order valence-corrected chi connectivity index (χ1v) is 6.21. The number of carboxylic acid groups (broad SMARTS) is 1. The number of nitrogens with zero attached hydrogens (tertiary/aromatic N) is 1. The van der Waals surface area contributed by atoms with Crippen LogP contribution in [0.3, 0.4) is 0 Å². The molecule has 1 rings (SSSR count). The van der Waals surface area contributed by atoms with Gasteiger partial charge in [0.15, 0.2) is 0 Å². The first-order chi connectivity index (χ1) is 8.84. The molecule has 1 atom stereocenters. The second-order valence-electron chi connectivity index (χ2n) is 4.86. The Morgan fingerprint density at radius 3 is 2.32 bits per heavy atom. The van der Waals surface area contributed by atoms with Gasteiger partial charge in [0.25, 0.3) is 0 Å². The fraction of sp³-hybridized carbons (Fsp3) is 0.429. The van der Waals surface area contributed by atoms with Crippen molar-refractivity contribution >= 4 is 17.7 Å². The van der Waals surface area contributed by atoms with Gasteiger partial charge < -0.3 is 10.4 Å². The predicted molar refractivity (Wildman–Crippen MR) is 74.6 cm³/mol. The molecule has 0 bridgehead atoms. The van der Waals surface area contributed by atoms with E-state index in [0.717, 1.165) is 0 Å². The topological polar surface area (TPSA) is 69.6 Å². The number of hydrogen-bond donors (Lipinski definition) is 2. The van der Waals surface area contributed by atoms with Gasteiger partial charge in [0.2, 0.25) is 0 Å². The van der Waals surface area contributed by atoms with Crippen LogP contribution in [0.15, 0.2) is 24.3 Å². The van der Waals surface area contributed by atoms with Crippen LogP contribution in [0.4, 0.5) is 10.5 Å². The van der Waals surface area contributed by atoms with E-state index in [1.807, 2.05) is 20.8 Å². The highest BCUT2D eigenvalue weighted by atomic mass is 16.4. The number of carboxylic acids is 1. The maximum Gasteiger partial charge on any atom is 0.337 e. The van der Waals surface area contributed by atoms with Gasteiger partial charge in [-0.3, -0.25) is 4.90 Å². The number of rotatable bonds is 4. The molecule has 1 aromatic rings. The van der Waals surface area contributed by atoms with Crippen LogP contribution in [0.1, 0.15) is 31.1 Å². The van der Waals surface area contributed by atoms with Crippen molar-refractivity contribution in [1.82, 2.24) is 5.32 Å². The molecule has 2 N–H and O–H groups in total. The predicted octanol–water partition coefficient (Wildman–Crippen LogP) is 2.58. The summed E-state index contributed by atoms with van der Waals surface area (Å²) < 4.78 is 0. The minimum Gasteiger partial charge on any atom is -0.478 e. The van der Waals surface area contributed by atoms with Crippen molar-refractivity contribution in [3.63, 3.8) is 0 Å². The molecule has 1 aromatic carbocycles. The molecule has 0 radical (unpaired) electrons. The molecule has 2 amide bonds. The molecule has 0 saturated carbocycles. The zero-order valence-corrected chi connectivity index (χ0v) is 11.7. The second kappa shape index (κ2) is 6.22. The van der Waals surface area contributed by atoms with E-state index >= 15 is 0 Å². The summed E-state index contributed by atoms with van der Waals surface area (Å²) in [6, 6.07) is 6.14. The van der Waals surface area contributed by atoms with Gasteiger partial charge in [-0.2, -0.15) is 0 Å². The molecule has 0 saturated heterocycles. The Hall–Kier alpha value is -2.04. The number of carbonyl (C=O) groups excluding carboxylic acids is 1. The summed E-state index contributed by atoms with van der Waals surface area (Å²) in [5.74, 6) is -0.737. The molecule has 0 aliphatic carbocycles. The first kappa shape index (κ1) is 15.0. The molecule has 0 aliphatic heterocycles. The van der Waals surface area contributed by atoms with Gasteiger partial charge in [-0.15, -0.1) is 0 Å². The van der Waals surface area contributed by atoms with E-state index in [1.54, 1.807) is 25.2 Å². The van der Waals surface area contributed by atoms with E-state index in [1.165, 1.54) is 11.0 Å². The van der Waals surface area contributed by atoms with Crippen molar-refractivity contribution in [3.8, 4) is 0 Å². The number of carbonyl (C=O) groups is 2. The Kier molecular flexibility index (Phi) is 4.92. The lowest BCUT2D eigenvalue weighted by molar-refractivity contribution is 0.0697. The Balaban J connectivity index is 2.91. The van der Waals surface area contributed by atoms with Gasteiger partial charge in [0, 0.05) is 13.1 Å². The third kappa shape index (κ3) is 3.71. The third-order valence-electron chi connectivity index (χ3n) is 3.15. The first-order valence-electron chi connectivity index (χ1n) is 6.21. The SMILES string of the molecule is CC(C)C(C)NC(=O)N(C)c1ccccc1C(=O)O. The molecule has 104 valence electrons. The van der Waals surface area contributed by atoms with Crippen molar-refractivity contribution in [1.29, 1.82) is 0 Å². The Labute approximate surface area is 113 Å². The lowest BCUT2D eigenvalue weighted by Crippen LogP contribution is -2.44. The highest BCUT2D eigenvalue weighted by Gasteiger charge is 2.19. The molecule has 0 aliphatic rings. The van der Waals surface area contributed by atoms with Crippen LogP contribution in [-0.4, -0.2) is 30.2 Å². The quantitative estimate of drug-likeness (QED) is 0.878. The third-order valence-corrected chi connectivity index (χ3v) is 3.15. The lowest BCUT2D eigenvalue weighted by atomic mass is 10.1. The molecule has 5 heteroatoms. The maximum atomic E-state index is 12.1. The van der Waals surface area contributed by atoms with Crippen LogP contribution in [0.2, 0.25) is 0 Å². The monoisotopic (exact) mass is 264 g/mol. The number of nitrogens with one attached hydrogen (secondary N) is 1. The van der Waals surface area contributed by atoms with Crippen LogP contribution < -0.4 is 10.2 Å². The summed E-state index contributed by atoms with van der Waals surface area (Å²) in [5.41, 5.74) is 0.487. The Morgan fingerprint density at radius 2 is 1.79 bits per heavy atom. The smallest absolute Gasteiger partial charge is 0.337 e. The Bertz CT molecular complexity index is 472. The fourth-order valence-electron chi connectivity index (χ4n) is 1.51. The number of para-hydroxylation sites is 1. The Morgan fingerprint density at radius 1 is 1.21 bits per heavy atom. The molecular formula is C14H20N2O3. The van der Waals surface area contributed by atoms with E-state index in [4.69, 9.17) is 5.11 Å². The van der Waals surface area contributed by atoms with E-state index in [0.29, 0.717) is 11.6 Å². The summed E-state index contributed by atoms with van der Waals surface area (Å²) >= 11 is 0. The summed E-state index contributed by atoms with van der Waals surface area (Å²) in [6.07, 6.45) is 0.